The lowest BCUT2D eigenvalue weighted by atomic mass is 10.0. The lowest BCUT2D eigenvalue weighted by Gasteiger charge is -2.27. The van der Waals surface area contributed by atoms with Gasteiger partial charge in [-0.3, -0.25) is 9.59 Å². The second kappa shape index (κ2) is 11.5. The summed E-state index contributed by atoms with van der Waals surface area (Å²) in [5.41, 5.74) is 2.04. The molecule has 12 heteroatoms. The van der Waals surface area contributed by atoms with Gasteiger partial charge in [0, 0.05) is 6.54 Å². The summed E-state index contributed by atoms with van der Waals surface area (Å²) in [5.74, 6) is -0.414. The van der Waals surface area contributed by atoms with Crippen molar-refractivity contribution in [3.05, 3.63) is 83.9 Å². The van der Waals surface area contributed by atoms with Crippen LogP contribution in [-0.4, -0.2) is 52.7 Å². The third kappa shape index (κ3) is 6.09. The molecule has 3 aromatic rings. The summed E-state index contributed by atoms with van der Waals surface area (Å²) in [6, 6.07) is 17.3. The average Bonchev–Trinajstić information content (AvgIpc) is 3.21. The standard InChI is InChI=1S/C28H31N3O7S2/c1-19(2)21-6-8-22(9-7-21)31-27(32)18-26(28(31)33)30(40(36,37)25-14-10-23(38-3)11-15-25)17-16-20-4-12-24(13-5-20)39(29,34)35/h4-15,19,26H,16-18H2,1-3H3,(H2,29,34,35). The number of nitrogens with two attached hydrogens (primary N) is 1. The summed E-state index contributed by atoms with van der Waals surface area (Å²) in [6.07, 6.45) is -0.161. The number of sulfonamides is 2. The van der Waals surface area contributed by atoms with Gasteiger partial charge in [0.25, 0.3) is 5.91 Å². The van der Waals surface area contributed by atoms with Gasteiger partial charge < -0.3 is 4.74 Å². The number of ether oxygens (including phenoxy) is 1. The highest BCUT2D eigenvalue weighted by Crippen LogP contribution is 2.31. The monoisotopic (exact) mass is 585 g/mol. The van der Waals surface area contributed by atoms with Gasteiger partial charge in [-0.25, -0.2) is 26.9 Å². The lowest BCUT2D eigenvalue weighted by molar-refractivity contribution is -0.122. The Balaban J connectivity index is 1.67. The van der Waals surface area contributed by atoms with Crippen molar-refractivity contribution in [1.82, 2.24) is 4.31 Å². The molecule has 1 aliphatic rings. The van der Waals surface area contributed by atoms with Gasteiger partial charge in [-0.2, -0.15) is 4.31 Å². The van der Waals surface area contributed by atoms with Crippen molar-refractivity contribution in [2.45, 2.75) is 48.4 Å². The molecular weight excluding hydrogens is 554 g/mol. The van der Waals surface area contributed by atoms with Crippen molar-refractivity contribution in [1.29, 1.82) is 0 Å². The predicted octanol–water partition coefficient (Wildman–Crippen LogP) is 3.03. The zero-order valence-corrected chi connectivity index (χ0v) is 24.0. The molecule has 1 saturated heterocycles. The summed E-state index contributed by atoms with van der Waals surface area (Å²) in [4.78, 5) is 27.6. The molecule has 1 atom stereocenters. The maximum atomic E-state index is 13.8. The Morgan fingerprint density at radius 3 is 2.00 bits per heavy atom. The highest BCUT2D eigenvalue weighted by atomic mass is 32.2. The molecule has 0 bridgehead atoms. The third-order valence-corrected chi connectivity index (χ3v) is 9.68. The van der Waals surface area contributed by atoms with E-state index >= 15 is 0 Å². The Labute approximate surface area is 234 Å². The van der Waals surface area contributed by atoms with Crippen LogP contribution in [-0.2, 0) is 36.1 Å². The van der Waals surface area contributed by atoms with E-state index in [1.807, 2.05) is 26.0 Å². The maximum Gasteiger partial charge on any atom is 0.252 e. The fourth-order valence-electron chi connectivity index (χ4n) is 4.53. The van der Waals surface area contributed by atoms with E-state index in [9.17, 15) is 26.4 Å². The van der Waals surface area contributed by atoms with Gasteiger partial charge in [-0.1, -0.05) is 38.1 Å². The normalized spacial score (nSPS) is 16.2. The van der Waals surface area contributed by atoms with E-state index in [4.69, 9.17) is 9.88 Å². The van der Waals surface area contributed by atoms with E-state index in [0.29, 0.717) is 17.0 Å². The van der Waals surface area contributed by atoms with Crippen LogP contribution in [0.2, 0.25) is 0 Å². The molecule has 2 amide bonds. The highest BCUT2D eigenvalue weighted by Gasteiger charge is 2.46. The van der Waals surface area contributed by atoms with Gasteiger partial charge in [0.05, 0.1) is 29.0 Å². The second-order valence-electron chi connectivity index (χ2n) is 9.76. The molecule has 0 aliphatic carbocycles. The minimum atomic E-state index is -4.23. The number of benzene rings is 3. The fraction of sp³-hybridized carbons (Fsp3) is 0.286. The number of hydrogen-bond acceptors (Lipinski definition) is 7. The number of amides is 2. The molecule has 1 heterocycles. The first-order valence-electron chi connectivity index (χ1n) is 12.6. The molecule has 0 radical (unpaired) electrons. The van der Waals surface area contributed by atoms with Gasteiger partial charge in [-0.05, 0) is 72.0 Å². The van der Waals surface area contributed by atoms with Crippen molar-refractivity contribution < 1.29 is 31.2 Å². The van der Waals surface area contributed by atoms with Crippen LogP contribution in [0.3, 0.4) is 0 Å². The van der Waals surface area contributed by atoms with Crippen LogP contribution in [0, 0.1) is 0 Å². The number of primary sulfonamides is 1. The molecule has 1 aliphatic heterocycles. The van der Waals surface area contributed by atoms with E-state index in [1.165, 1.54) is 55.6 Å². The minimum Gasteiger partial charge on any atom is -0.497 e. The molecule has 1 unspecified atom stereocenters. The van der Waals surface area contributed by atoms with Gasteiger partial charge in [0.15, 0.2) is 0 Å². The van der Waals surface area contributed by atoms with Gasteiger partial charge in [-0.15, -0.1) is 0 Å². The fourth-order valence-corrected chi connectivity index (χ4v) is 6.63. The predicted molar refractivity (Wildman–Crippen MR) is 150 cm³/mol. The van der Waals surface area contributed by atoms with Crippen LogP contribution in [0.1, 0.15) is 37.3 Å². The van der Waals surface area contributed by atoms with Gasteiger partial charge >= 0.3 is 0 Å². The van der Waals surface area contributed by atoms with Gasteiger partial charge in [0.2, 0.25) is 26.0 Å². The summed E-state index contributed by atoms with van der Waals surface area (Å²) in [6.45, 7) is 3.93. The Kier molecular flexibility index (Phi) is 8.45. The molecule has 2 N–H and O–H groups in total. The van der Waals surface area contributed by atoms with Crippen LogP contribution < -0.4 is 14.8 Å². The number of anilines is 1. The number of rotatable bonds is 10. The van der Waals surface area contributed by atoms with Crippen LogP contribution >= 0.6 is 0 Å². The van der Waals surface area contributed by atoms with Crippen LogP contribution in [0.4, 0.5) is 5.69 Å². The molecule has 0 aromatic heterocycles. The van der Waals surface area contributed by atoms with E-state index in [2.05, 4.69) is 0 Å². The molecule has 0 spiro atoms. The smallest absolute Gasteiger partial charge is 0.252 e. The molecule has 212 valence electrons. The number of nitrogens with zero attached hydrogens (tertiary/aromatic N) is 2. The Morgan fingerprint density at radius 2 is 1.48 bits per heavy atom. The van der Waals surface area contributed by atoms with Crippen molar-refractivity contribution in [2.24, 2.45) is 5.14 Å². The molecule has 0 saturated carbocycles. The average molecular weight is 586 g/mol. The number of carbonyl (C=O) groups is 2. The number of imide groups is 1. The summed E-state index contributed by atoms with van der Waals surface area (Å²) in [5, 5.41) is 5.17. The molecule has 4 rings (SSSR count). The largest absolute Gasteiger partial charge is 0.497 e. The highest BCUT2D eigenvalue weighted by molar-refractivity contribution is 7.89. The van der Waals surface area contributed by atoms with Gasteiger partial charge in [0.1, 0.15) is 11.8 Å². The molecule has 3 aromatic carbocycles. The molecular formula is C28H31N3O7S2. The first-order valence-corrected chi connectivity index (χ1v) is 15.6. The Bertz CT molecular complexity index is 1600. The topological polar surface area (TPSA) is 144 Å². The maximum absolute atomic E-state index is 13.8. The van der Waals surface area contributed by atoms with Crippen molar-refractivity contribution in [2.75, 3.05) is 18.6 Å². The van der Waals surface area contributed by atoms with Crippen molar-refractivity contribution in [3.8, 4) is 5.75 Å². The number of carbonyl (C=O) groups excluding carboxylic acids is 2. The number of methoxy groups -OCH3 is 1. The van der Waals surface area contributed by atoms with Crippen LogP contribution in [0.5, 0.6) is 5.75 Å². The molecule has 1 fully saturated rings. The quantitative estimate of drug-likeness (QED) is 0.360. The molecule has 40 heavy (non-hydrogen) atoms. The van der Waals surface area contributed by atoms with Crippen LogP contribution in [0.25, 0.3) is 0 Å². The van der Waals surface area contributed by atoms with Crippen molar-refractivity contribution >= 4 is 37.5 Å². The lowest BCUT2D eigenvalue weighted by Crippen LogP contribution is -2.46. The zero-order chi connectivity index (χ0) is 29.2. The minimum absolute atomic E-state index is 0.0575. The van der Waals surface area contributed by atoms with E-state index in [1.54, 1.807) is 12.1 Å². The van der Waals surface area contributed by atoms with E-state index < -0.39 is 37.9 Å². The first-order chi connectivity index (χ1) is 18.8. The Morgan fingerprint density at radius 1 is 0.900 bits per heavy atom. The third-order valence-electron chi connectivity index (χ3n) is 6.83. The van der Waals surface area contributed by atoms with Crippen LogP contribution in [0.15, 0.2) is 82.6 Å². The second-order valence-corrected chi connectivity index (χ2v) is 13.2. The van der Waals surface area contributed by atoms with E-state index in [0.717, 1.165) is 14.8 Å². The Hall–Kier alpha value is -3.58. The summed E-state index contributed by atoms with van der Waals surface area (Å²) < 4.78 is 57.1. The SMILES string of the molecule is COc1ccc(S(=O)(=O)N(CCc2ccc(S(N)(=O)=O)cc2)C2CC(=O)N(c3ccc(C(C)C)cc3)C2=O)cc1. The summed E-state index contributed by atoms with van der Waals surface area (Å²) >= 11 is 0. The van der Waals surface area contributed by atoms with E-state index in [-0.39, 0.29) is 35.1 Å². The zero-order valence-electron chi connectivity index (χ0n) is 22.4. The first kappa shape index (κ1) is 29.4. The molecule has 10 nitrogen and oxygen atoms in total. The van der Waals surface area contributed by atoms with Crippen molar-refractivity contribution in [3.63, 3.8) is 0 Å². The number of hydrogen-bond donors (Lipinski definition) is 1. The summed E-state index contributed by atoms with van der Waals surface area (Å²) in [7, 11) is -6.66.